The van der Waals surface area contributed by atoms with E-state index in [1.165, 1.54) is 11.9 Å². The standard InChI is InChI=1S/C23H28N4O4/c1-26(23(30)16-24-21(28)15-18-5-3-2-4-6-18)17-22(29)25-19-7-9-20(10-8-19)27-11-13-31-14-12-27/h2-10H,11-17H2,1H3,(H,24,28)(H,25,29). The van der Waals surface area contributed by atoms with Crippen LogP contribution in [0.25, 0.3) is 0 Å². The number of benzene rings is 2. The Morgan fingerprint density at radius 2 is 1.65 bits per heavy atom. The second-order valence-electron chi connectivity index (χ2n) is 7.38. The molecule has 3 rings (SSSR count). The van der Waals surface area contributed by atoms with E-state index in [1.807, 2.05) is 54.6 Å². The van der Waals surface area contributed by atoms with Gasteiger partial charge in [-0.05, 0) is 29.8 Å². The van der Waals surface area contributed by atoms with Crippen LogP contribution in [0.3, 0.4) is 0 Å². The first-order valence-corrected chi connectivity index (χ1v) is 10.3. The molecule has 0 bridgehead atoms. The molecule has 8 nitrogen and oxygen atoms in total. The third-order valence-electron chi connectivity index (χ3n) is 4.98. The van der Waals surface area contributed by atoms with Crippen LogP contribution < -0.4 is 15.5 Å². The SMILES string of the molecule is CN(CC(=O)Nc1ccc(N2CCOCC2)cc1)C(=O)CNC(=O)Cc1ccccc1. The molecule has 1 saturated heterocycles. The highest BCUT2D eigenvalue weighted by Gasteiger charge is 2.15. The average Bonchev–Trinajstić information content (AvgIpc) is 2.79. The van der Waals surface area contributed by atoms with Gasteiger partial charge in [0.2, 0.25) is 17.7 Å². The Bertz CT molecular complexity index is 880. The first-order chi connectivity index (χ1) is 15.0. The van der Waals surface area contributed by atoms with Gasteiger partial charge in [0, 0.05) is 31.5 Å². The maximum Gasteiger partial charge on any atom is 0.243 e. The summed E-state index contributed by atoms with van der Waals surface area (Å²) < 4.78 is 5.36. The molecule has 1 fully saturated rings. The molecule has 3 amide bonds. The van der Waals surface area contributed by atoms with Crippen molar-refractivity contribution in [3.63, 3.8) is 0 Å². The molecule has 2 aromatic carbocycles. The topological polar surface area (TPSA) is 91.0 Å². The van der Waals surface area contributed by atoms with E-state index in [9.17, 15) is 14.4 Å². The molecular weight excluding hydrogens is 396 g/mol. The Morgan fingerprint density at radius 3 is 2.32 bits per heavy atom. The monoisotopic (exact) mass is 424 g/mol. The number of nitrogens with zero attached hydrogens (tertiary/aromatic N) is 2. The maximum absolute atomic E-state index is 12.3. The van der Waals surface area contributed by atoms with Crippen LogP contribution in [-0.4, -0.2) is 69.1 Å². The number of likely N-dealkylation sites (N-methyl/N-ethyl adjacent to an activating group) is 1. The number of hydrogen-bond acceptors (Lipinski definition) is 5. The minimum Gasteiger partial charge on any atom is -0.378 e. The molecule has 1 aliphatic rings. The van der Waals surface area contributed by atoms with Crippen LogP contribution in [0.5, 0.6) is 0 Å². The van der Waals surface area contributed by atoms with Crippen molar-refractivity contribution in [3.8, 4) is 0 Å². The second kappa shape index (κ2) is 11.1. The van der Waals surface area contributed by atoms with Gasteiger partial charge in [0.05, 0.1) is 32.7 Å². The fourth-order valence-electron chi connectivity index (χ4n) is 3.23. The molecule has 2 N–H and O–H groups in total. The summed E-state index contributed by atoms with van der Waals surface area (Å²) in [6.45, 7) is 2.88. The van der Waals surface area contributed by atoms with E-state index in [4.69, 9.17) is 4.74 Å². The molecule has 0 radical (unpaired) electrons. The number of morpholine rings is 1. The molecular formula is C23H28N4O4. The lowest BCUT2D eigenvalue weighted by Crippen LogP contribution is -2.41. The van der Waals surface area contributed by atoms with Crippen molar-refractivity contribution in [2.45, 2.75) is 6.42 Å². The first kappa shape index (κ1) is 22.3. The Morgan fingerprint density at radius 1 is 0.968 bits per heavy atom. The normalized spacial score (nSPS) is 13.4. The van der Waals surface area contributed by atoms with Crippen LogP contribution in [-0.2, 0) is 25.5 Å². The Labute approximate surface area is 182 Å². The minimum atomic E-state index is -0.334. The van der Waals surface area contributed by atoms with Gasteiger partial charge in [0.1, 0.15) is 0 Å². The van der Waals surface area contributed by atoms with Gasteiger partial charge in [0.25, 0.3) is 0 Å². The van der Waals surface area contributed by atoms with Gasteiger partial charge in [-0.15, -0.1) is 0 Å². The highest BCUT2D eigenvalue weighted by Crippen LogP contribution is 2.19. The minimum absolute atomic E-state index is 0.0986. The summed E-state index contributed by atoms with van der Waals surface area (Å²) in [6.07, 6.45) is 0.207. The number of nitrogens with one attached hydrogen (secondary N) is 2. The molecule has 0 aromatic heterocycles. The first-order valence-electron chi connectivity index (χ1n) is 10.3. The number of amides is 3. The van der Waals surface area contributed by atoms with Crippen molar-refractivity contribution >= 4 is 29.1 Å². The van der Waals surface area contributed by atoms with E-state index in [-0.39, 0.29) is 37.2 Å². The van der Waals surface area contributed by atoms with E-state index in [1.54, 1.807) is 0 Å². The smallest absolute Gasteiger partial charge is 0.243 e. The van der Waals surface area contributed by atoms with Crippen molar-refractivity contribution in [2.75, 3.05) is 56.7 Å². The van der Waals surface area contributed by atoms with Crippen molar-refractivity contribution in [1.82, 2.24) is 10.2 Å². The second-order valence-corrected chi connectivity index (χ2v) is 7.38. The summed E-state index contributed by atoms with van der Waals surface area (Å²) in [7, 11) is 1.53. The molecule has 1 aliphatic heterocycles. The number of hydrogen-bond donors (Lipinski definition) is 2. The van der Waals surface area contributed by atoms with Gasteiger partial charge in [-0.25, -0.2) is 0 Å². The Hall–Kier alpha value is -3.39. The molecule has 1 heterocycles. The fraction of sp³-hybridized carbons (Fsp3) is 0.348. The molecule has 0 unspecified atom stereocenters. The number of ether oxygens (including phenoxy) is 1. The van der Waals surface area contributed by atoms with Gasteiger partial charge < -0.3 is 25.2 Å². The summed E-state index contributed by atoms with van der Waals surface area (Å²) in [5.41, 5.74) is 2.62. The van der Waals surface area contributed by atoms with Crippen LogP contribution in [0.15, 0.2) is 54.6 Å². The zero-order chi connectivity index (χ0) is 22.1. The molecule has 8 heteroatoms. The molecule has 0 aliphatic carbocycles. The molecule has 31 heavy (non-hydrogen) atoms. The van der Waals surface area contributed by atoms with Gasteiger partial charge in [0.15, 0.2) is 0 Å². The molecule has 0 saturated carbocycles. The molecule has 0 atom stereocenters. The highest BCUT2D eigenvalue weighted by molar-refractivity contribution is 5.95. The largest absolute Gasteiger partial charge is 0.378 e. The summed E-state index contributed by atoms with van der Waals surface area (Å²) in [6, 6.07) is 16.9. The Kier molecular flexibility index (Phi) is 8.00. The number of carbonyl (C=O) groups excluding carboxylic acids is 3. The van der Waals surface area contributed by atoms with Crippen molar-refractivity contribution < 1.29 is 19.1 Å². The molecule has 164 valence electrons. The van der Waals surface area contributed by atoms with Crippen LogP contribution in [0.1, 0.15) is 5.56 Å². The third kappa shape index (κ3) is 7.11. The van der Waals surface area contributed by atoms with Gasteiger partial charge in [-0.2, -0.15) is 0 Å². The third-order valence-corrected chi connectivity index (χ3v) is 4.98. The van der Waals surface area contributed by atoms with Gasteiger partial charge >= 0.3 is 0 Å². The summed E-state index contributed by atoms with van der Waals surface area (Å²) in [4.78, 5) is 40.0. The number of anilines is 2. The predicted molar refractivity (Wildman–Crippen MR) is 119 cm³/mol. The predicted octanol–water partition coefficient (Wildman–Crippen LogP) is 1.28. The fourth-order valence-corrected chi connectivity index (χ4v) is 3.23. The van der Waals surface area contributed by atoms with E-state index in [2.05, 4.69) is 15.5 Å². The van der Waals surface area contributed by atoms with Crippen LogP contribution in [0.2, 0.25) is 0 Å². The number of carbonyl (C=O) groups is 3. The maximum atomic E-state index is 12.3. The zero-order valence-corrected chi connectivity index (χ0v) is 17.7. The summed E-state index contributed by atoms with van der Waals surface area (Å²) >= 11 is 0. The lowest BCUT2D eigenvalue weighted by molar-refractivity contribution is -0.134. The van der Waals surface area contributed by atoms with E-state index < -0.39 is 0 Å². The van der Waals surface area contributed by atoms with E-state index >= 15 is 0 Å². The zero-order valence-electron chi connectivity index (χ0n) is 17.7. The lowest BCUT2D eigenvalue weighted by Gasteiger charge is -2.28. The summed E-state index contributed by atoms with van der Waals surface area (Å²) in [5.74, 6) is -0.873. The molecule has 0 spiro atoms. The summed E-state index contributed by atoms with van der Waals surface area (Å²) in [5, 5.41) is 5.39. The van der Waals surface area contributed by atoms with Crippen LogP contribution in [0.4, 0.5) is 11.4 Å². The number of rotatable bonds is 8. The van der Waals surface area contributed by atoms with Crippen molar-refractivity contribution in [2.24, 2.45) is 0 Å². The van der Waals surface area contributed by atoms with E-state index in [0.717, 1.165) is 24.3 Å². The molecule has 2 aromatic rings. The average molecular weight is 425 g/mol. The lowest BCUT2D eigenvalue weighted by atomic mass is 10.1. The van der Waals surface area contributed by atoms with Gasteiger partial charge in [-0.3, -0.25) is 14.4 Å². The van der Waals surface area contributed by atoms with Crippen molar-refractivity contribution in [1.29, 1.82) is 0 Å². The Balaban J connectivity index is 1.40. The van der Waals surface area contributed by atoms with E-state index in [0.29, 0.717) is 18.9 Å². The highest BCUT2D eigenvalue weighted by atomic mass is 16.5. The van der Waals surface area contributed by atoms with Gasteiger partial charge in [-0.1, -0.05) is 30.3 Å². The quantitative estimate of drug-likeness (QED) is 0.666. The van der Waals surface area contributed by atoms with Crippen LogP contribution >= 0.6 is 0 Å². The van der Waals surface area contributed by atoms with Crippen molar-refractivity contribution in [3.05, 3.63) is 60.2 Å². The van der Waals surface area contributed by atoms with Crippen LogP contribution in [0, 0.1) is 0 Å².